The van der Waals surface area contributed by atoms with Gasteiger partial charge in [0.05, 0.1) is 10.3 Å². The predicted octanol–water partition coefficient (Wildman–Crippen LogP) is 3.36. The average molecular weight is 361 g/mol. The summed E-state index contributed by atoms with van der Waals surface area (Å²) in [6.45, 7) is 1.68. The van der Waals surface area contributed by atoms with E-state index in [1.54, 1.807) is 6.92 Å². The molecule has 1 unspecified atom stereocenters. The van der Waals surface area contributed by atoms with Crippen LogP contribution in [0.3, 0.4) is 0 Å². The van der Waals surface area contributed by atoms with Crippen molar-refractivity contribution in [2.75, 3.05) is 0 Å². The first kappa shape index (κ1) is 16.1. The van der Waals surface area contributed by atoms with Crippen LogP contribution < -0.4 is 10.9 Å². The van der Waals surface area contributed by atoms with E-state index in [0.29, 0.717) is 11.3 Å². The SMILES string of the molecule is CC1(C(=O)NNC(=O)c2cc3c(s2)CCCCC3)CC1(Cl)Cl. The molecule has 0 bridgehead atoms. The summed E-state index contributed by atoms with van der Waals surface area (Å²) in [4.78, 5) is 26.1. The monoisotopic (exact) mass is 360 g/mol. The number of carbonyl (C=O) groups is 2. The number of nitrogens with one attached hydrogen (secondary N) is 2. The number of hydrogen-bond acceptors (Lipinski definition) is 3. The van der Waals surface area contributed by atoms with Gasteiger partial charge in [-0.3, -0.25) is 20.4 Å². The van der Waals surface area contributed by atoms with E-state index in [0.717, 1.165) is 12.8 Å². The zero-order chi connectivity index (χ0) is 16.0. The third kappa shape index (κ3) is 2.86. The minimum Gasteiger partial charge on any atom is -0.273 e. The van der Waals surface area contributed by atoms with Crippen LogP contribution in [0.4, 0.5) is 0 Å². The lowest BCUT2D eigenvalue weighted by molar-refractivity contribution is -0.126. The summed E-state index contributed by atoms with van der Waals surface area (Å²) >= 11 is 13.4. The minimum atomic E-state index is -1.04. The van der Waals surface area contributed by atoms with Crippen molar-refractivity contribution in [1.29, 1.82) is 0 Å². The summed E-state index contributed by atoms with van der Waals surface area (Å²) in [6.07, 6.45) is 6.06. The van der Waals surface area contributed by atoms with Crippen LogP contribution in [-0.4, -0.2) is 16.1 Å². The third-order valence-corrected chi connectivity index (χ3v) is 6.86. The molecule has 0 radical (unpaired) electrons. The fourth-order valence-electron chi connectivity index (χ4n) is 2.74. The van der Waals surface area contributed by atoms with Crippen molar-refractivity contribution >= 4 is 46.4 Å². The van der Waals surface area contributed by atoms with E-state index in [9.17, 15) is 9.59 Å². The van der Waals surface area contributed by atoms with E-state index in [1.807, 2.05) is 6.07 Å². The molecular formula is C15H18Cl2N2O2S. The molecule has 0 aromatic carbocycles. The molecule has 22 heavy (non-hydrogen) atoms. The van der Waals surface area contributed by atoms with Crippen molar-refractivity contribution in [3.05, 3.63) is 21.4 Å². The third-order valence-electron chi connectivity index (χ3n) is 4.52. The van der Waals surface area contributed by atoms with Crippen LogP contribution in [0.5, 0.6) is 0 Å². The van der Waals surface area contributed by atoms with E-state index >= 15 is 0 Å². The van der Waals surface area contributed by atoms with E-state index in [4.69, 9.17) is 23.2 Å². The Bertz CT molecular complexity index is 606. The zero-order valence-corrected chi connectivity index (χ0v) is 14.6. The Morgan fingerprint density at radius 1 is 1.18 bits per heavy atom. The van der Waals surface area contributed by atoms with Crippen molar-refractivity contribution in [3.8, 4) is 0 Å². The number of alkyl halides is 2. The molecule has 1 heterocycles. The Balaban J connectivity index is 1.60. The molecule has 2 amide bonds. The number of fused-ring (bicyclic) bond motifs is 1. The van der Waals surface area contributed by atoms with Crippen LogP contribution >= 0.6 is 34.5 Å². The molecule has 7 heteroatoms. The second-order valence-corrected chi connectivity index (χ2v) is 8.86. The van der Waals surface area contributed by atoms with Crippen LogP contribution in [0, 0.1) is 5.41 Å². The second kappa shape index (κ2) is 5.69. The zero-order valence-electron chi connectivity index (χ0n) is 12.3. The fourth-order valence-corrected chi connectivity index (χ4v) is 4.59. The van der Waals surface area contributed by atoms with Gasteiger partial charge in [-0.05, 0) is 50.7 Å². The highest BCUT2D eigenvalue weighted by molar-refractivity contribution is 7.14. The van der Waals surface area contributed by atoms with Crippen LogP contribution in [0.15, 0.2) is 6.07 Å². The van der Waals surface area contributed by atoms with E-state index in [-0.39, 0.29) is 11.8 Å². The van der Waals surface area contributed by atoms with Gasteiger partial charge < -0.3 is 0 Å². The maximum absolute atomic E-state index is 12.2. The molecule has 0 spiro atoms. The summed E-state index contributed by atoms with van der Waals surface area (Å²) in [6, 6.07) is 1.94. The van der Waals surface area contributed by atoms with Crippen molar-refractivity contribution in [2.24, 2.45) is 5.41 Å². The van der Waals surface area contributed by atoms with Gasteiger partial charge in [0.25, 0.3) is 5.91 Å². The fraction of sp³-hybridized carbons (Fsp3) is 0.600. The van der Waals surface area contributed by atoms with Crippen molar-refractivity contribution in [2.45, 2.75) is 49.8 Å². The lowest BCUT2D eigenvalue weighted by Crippen LogP contribution is -2.45. The van der Waals surface area contributed by atoms with Gasteiger partial charge in [0, 0.05) is 4.88 Å². The lowest BCUT2D eigenvalue weighted by atomic mass is 10.1. The van der Waals surface area contributed by atoms with Gasteiger partial charge in [-0.1, -0.05) is 6.42 Å². The van der Waals surface area contributed by atoms with Gasteiger partial charge in [-0.15, -0.1) is 34.5 Å². The largest absolute Gasteiger partial charge is 0.279 e. The van der Waals surface area contributed by atoms with Crippen molar-refractivity contribution < 1.29 is 9.59 Å². The highest BCUT2D eigenvalue weighted by Crippen LogP contribution is 2.63. The van der Waals surface area contributed by atoms with Gasteiger partial charge >= 0.3 is 0 Å². The summed E-state index contributed by atoms with van der Waals surface area (Å²) in [5.74, 6) is -0.644. The highest BCUT2D eigenvalue weighted by atomic mass is 35.5. The minimum absolute atomic E-state index is 0.287. The van der Waals surface area contributed by atoms with Gasteiger partial charge in [0.1, 0.15) is 4.33 Å². The molecule has 1 aromatic rings. The second-order valence-electron chi connectivity index (χ2n) is 6.24. The van der Waals surface area contributed by atoms with Gasteiger partial charge in [-0.2, -0.15) is 0 Å². The number of hydrogen-bond donors (Lipinski definition) is 2. The first-order valence-electron chi connectivity index (χ1n) is 7.44. The summed E-state index contributed by atoms with van der Waals surface area (Å²) in [7, 11) is 0. The van der Waals surface area contributed by atoms with Gasteiger partial charge in [0.2, 0.25) is 5.91 Å². The molecule has 1 fully saturated rings. The smallest absolute Gasteiger partial charge is 0.273 e. The summed E-state index contributed by atoms with van der Waals surface area (Å²) < 4.78 is -1.04. The molecular weight excluding hydrogens is 343 g/mol. The summed E-state index contributed by atoms with van der Waals surface area (Å²) in [5.41, 5.74) is 5.33. The Morgan fingerprint density at radius 2 is 1.86 bits per heavy atom. The molecule has 0 saturated heterocycles. The molecule has 0 aliphatic heterocycles. The molecule has 3 rings (SSSR count). The molecule has 120 valence electrons. The maximum Gasteiger partial charge on any atom is 0.279 e. The molecule has 1 saturated carbocycles. The van der Waals surface area contributed by atoms with Crippen LogP contribution in [-0.2, 0) is 17.6 Å². The predicted molar refractivity (Wildman–Crippen MR) is 88.3 cm³/mol. The summed E-state index contributed by atoms with van der Waals surface area (Å²) in [5, 5.41) is 0. The van der Waals surface area contributed by atoms with E-state index < -0.39 is 9.75 Å². The van der Waals surface area contributed by atoms with Crippen molar-refractivity contribution in [1.82, 2.24) is 10.9 Å². The number of carbonyl (C=O) groups excluding carboxylic acids is 2. The first-order valence-corrected chi connectivity index (χ1v) is 9.01. The lowest BCUT2D eigenvalue weighted by Gasteiger charge is -2.12. The normalized spacial score (nSPS) is 25.8. The topological polar surface area (TPSA) is 58.2 Å². The van der Waals surface area contributed by atoms with E-state index in [2.05, 4.69) is 10.9 Å². The molecule has 2 aliphatic carbocycles. The molecule has 1 atom stereocenters. The van der Waals surface area contributed by atoms with Gasteiger partial charge in [-0.25, -0.2) is 0 Å². The number of rotatable bonds is 2. The molecule has 2 aliphatic rings. The molecule has 4 nitrogen and oxygen atoms in total. The standard InChI is InChI=1S/C15H18Cl2N2O2S/c1-14(8-15(14,16)17)13(21)19-18-12(20)11-7-9-5-3-2-4-6-10(9)22-11/h7H,2-6,8H2,1H3,(H,18,20)(H,19,21). The Labute approximate surface area is 143 Å². The Hall–Kier alpha value is -0.780. The van der Waals surface area contributed by atoms with Crippen LogP contribution in [0.2, 0.25) is 0 Å². The van der Waals surface area contributed by atoms with Crippen molar-refractivity contribution in [3.63, 3.8) is 0 Å². The number of hydrazine groups is 1. The number of aryl methyl sites for hydroxylation is 2. The van der Waals surface area contributed by atoms with Crippen LogP contribution in [0.25, 0.3) is 0 Å². The highest BCUT2D eigenvalue weighted by Gasteiger charge is 2.68. The average Bonchev–Trinajstić information content (AvgIpc) is 2.86. The van der Waals surface area contributed by atoms with Crippen LogP contribution in [0.1, 0.15) is 52.7 Å². The number of amides is 2. The Morgan fingerprint density at radius 3 is 2.55 bits per heavy atom. The van der Waals surface area contributed by atoms with Gasteiger partial charge in [0.15, 0.2) is 0 Å². The maximum atomic E-state index is 12.2. The quantitative estimate of drug-likeness (QED) is 0.482. The Kier molecular flexibility index (Phi) is 4.16. The molecule has 2 N–H and O–H groups in total. The molecule has 1 aromatic heterocycles. The number of halogens is 2. The van der Waals surface area contributed by atoms with E-state index in [1.165, 1.54) is 41.0 Å². The number of thiophene rings is 1. The first-order chi connectivity index (χ1) is 10.3.